The van der Waals surface area contributed by atoms with E-state index in [1.54, 1.807) is 11.6 Å². The van der Waals surface area contributed by atoms with Crippen LogP contribution in [0.1, 0.15) is 40.0 Å². The number of benzene rings is 1. The van der Waals surface area contributed by atoms with Crippen LogP contribution in [-0.2, 0) is 24.9 Å². The van der Waals surface area contributed by atoms with E-state index in [4.69, 9.17) is 5.73 Å². The van der Waals surface area contributed by atoms with E-state index in [-0.39, 0.29) is 48.5 Å². The molecule has 1 aromatic carbocycles. The molecule has 0 aliphatic carbocycles. The summed E-state index contributed by atoms with van der Waals surface area (Å²) in [5.41, 5.74) is 6.23. The topological polar surface area (TPSA) is 128 Å². The average molecular weight is 457 g/mol. The number of nitrogen functional groups attached to an aromatic ring is 1. The van der Waals surface area contributed by atoms with Gasteiger partial charge in [-0.05, 0) is 24.5 Å². The zero-order chi connectivity index (χ0) is 24.3. The highest BCUT2D eigenvalue weighted by Gasteiger charge is 2.25. The van der Waals surface area contributed by atoms with Crippen LogP contribution in [0.15, 0.2) is 38.6 Å². The second kappa shape index (κ2) is 9.93. The quantitative estimate of drug-likeness (QED) is 0.506. The largest absolute Gasteiger partial charge is 0.383 e. The standard InChI is InChI=1S/C23H32N6O4/c1-5-6-12-28-20(24)19(21(31)25-22(28)32)29(14-15(2)3)18(30)11-13-27-17-10-8-7-9-16(17)26(4)23(27)33/h7-10,15H,5-6,11-14,24H2,1-4H3,(H,25,31,32). The molecule has 33 heavy (non-hydrogen) atoms. The van der Waals surface area contributed by atoms with Gasteiger partial charge in [0.2, 0.25) is 5.91 Å². The van der Waals surface area contributed by atoms with E-state index in [0.717, 1.165) is 17.5 Å². The number of nitrogens with zero attached hydrogens (tertiary/aromatic N) is 4. The van der Waals surface area contributed by atoms with Gasteiger partial charge in [-0.2, -0.15) is 0 Å². The number of unbranched alkanes of at least 4 members (excludes halogenated alkanes) is 1. The number of aromatic amines is 1. The fraction of sp³-hybridized carbons (Fsp3) is 0.478. The van der Waals surface area contributed by atoms with Crippen molar-refractivity contribution in [1.82, 2.24) is 18.7 Å². The Morgan fingerprint density at radius 1 is 1.09 bits per heavy atom. The van der Waals surface area contributed by atoms with Crippen molar-refractivity contribution in [2.75, 3.05) is 17.2 Å². The van der Waals surface area contributed by atoms with Crippen LogP contribution in [-0.4, -0.2) is 31.1 Å². The molecule has 1 amide bonds. The fourth-order valence-corrected chi connectivity index (χ4v) is 3.98. The lowest BCUT2D eigenvalue weighted by Gasteiger charge is -2.26. The lowest BCUT2D eigenvalue weighted by molar-refractivity contribution is -0.119. The van der Waals surface area contributed by atoms with Crippen LogP contribution in [0.2, 0.25) is 0 Å². The van der Waals surface area contributed by atoms with Crippen LogP contribution in [0.25, 0.3) is 11.0 Å². The monoisotopic (exact) mass is 456 g/mol. The van der Waals surface area contributed by atoms with E-state index >= 15 is 0 Å². The maximum Gasteiger partial charge on any atom is 0.330 e. The normalized spacial score (nSPS) is 11.4. The van der Waals surface area contributed by atoms with E-state index in [9.17, 15) is 19.2 Å². The first kappa shape index (κ1) is 24.1. The summed E-state index contributed by atoms with van der Waals surface area (Å²) in [7, 11) is 1.69. The van der Waals surface area contributed by atoms with Crippen LogP contribution < -0.4 is 27.6 Å². The highest BCUT2D eigenvalue weighted by Crippen LogP contribution is 2.20. The molecule has 0 bridgehead atoms. The molecule has 10 heteroatoms. The number of hydrogen-bond acceptors (Lipinski definition) is 5. The Morgan fingerprint density at radius 3 is 2.39 bits per heavy atom. The number of nitrogens with one attached hydrogen (secondary N) is 1. The number of amides is 1. The van der Waals surface area contributed by atoms with Gasteiger partial charge in [-0.15, -0.1) is 0 Å². The van der Waals surface area contributed by atoms with Crippen molar-refractivity contribution >= 4 is 28.4 Å². The maximum absolute atomic E-state index is 13.3. The summed E-state index contributed by atoms with van der Waals surface area (Å²) >= 11 is 0. The molecule has 178 valence electrons. The van der Waals surface area contributed by atoms with E-state index in [0.29, 0.717) is 13.0 Å². The predicted molar refractivity (Wildman–Crippen MR) is 130 cm³/mol. The average Bonchev–Trinajstić information content (AvgIpc) is 3.01. The molecule has 0 saturated heterocycles. The Hall–Kier alpha value is -3.56. The third-order valence-electron chi connectivity index (χ3n) is 5.67. The highest BCUT2D eigenvalue weighted by molar-refractivity contribution is 5.95. The molecular formula is C23H32N6O4. The number of H-pyrrole nitrogens is 1. The molecule has 0 unspecified atom stereocenters. The molecule has 2 aromatic heterocycles. The van der Waals surface area contributed by atoms with E-state index in [1.165, 1.54) is 14.0 Å². The number of imidazole rings is 1. The Labute approximate surface area is 191 Å². The van der Waals surface area contributed by atoms with Gasteiger partial charge in [0.15, 0.2) is 5.69 Å². The second-order valence-corrected chi connectivity index (χ2v) is 8.63. The second-order valence-electron chi connectivity index (χ2n) is 8.63. The number of carbonyl (C=O) groups excluding carboxylic acids is 1. The summed E-state index contributed by atoms with van der Waals surface area (Å²) in [6.45, 7) is 6.58. The molecule has 0 aliphatic rings. The summed E-state index contributed by atoms with van der Waals surface area (Å²) in [6, 6.07) is 7.37. The minimum Gasteiger partial charge on any atom is -0.383 e. The molecule has 3 N–H and O–H groups in total. The third-order valence-corrected chi connectivity index (χ3v) is 5.67. The van der Waals surface area contributed by atoms with Crippen molar-refractivity contribution in [2.45, 2.75) is 53.1 Å². The summed E-state index contributed by atoms with van der Waals surface area (Å²) in [5, 5.41) is 0. The van der Waals surface area contributed by atoms with E-state index < -0.39 is 11.2 Å². The van der Waals surface area contributed by atoms with Gasteiger partial charge in [0, 0.05) is 33.1 Å². The highest BCUT2D eigenvalue weighted by atomic mass is 16.2. The van der Waals surface area contributed by atoms with Gasteiger partial charge in [-0.1, -0.05) is 39.3 Å². The van der Waals surface area contributed by atoms with Crippen LogP contribution in [0, 0.1) is 5.92 Å². The number of para-hydroxylation sites is 2. The number of carbonyl (C=O) groups is 1. The lowest BCUT2D eigenvalue weighted by atomic mass is 10.2. The molecule has 0 spiro atoms. The van der Waals surface area contributed by atoms with Crippen LogP contribution in [0.4, 0.5) is 11.5 Å². The van der Waals surface area contributed by atoms with Crippen molar-refractivity contribution in [2.24, 2.45) is 13.0 Å². The van der Waals surface area contributed by atoms with Gasteiger partial charge >= 0.3 is 11.4 Å². The molecule has 2 heterocycles. The summed E-state index contributed by atoms with van der Waals surface area (Å²) < 4.78 is 4.39. The first-order valence-corrected chi connectivity index (χ1v) is 11.2. The number of hydrogen-bond donors (Lipinski definition) is 2. The van der Waals surface area contributed by atoms with Gasteiger partial charge in [-0.25, -0.2) is 9.59 Å². The van der Waals surface area contributed by atoms with Crippen molar-refractivity contribution in [3.05, 3.63) is 55.6 Å². The SMILES string of the molecule is CCCCn1c(N)c(N(CC(C)C)C(=O)CCn2c(=O)n(C)c3ccccc32)c(=O)[nH]c1=O. The first-order valence-electron chi connectivity index (χ1n) is 11.2. The van der Waals surface area contributed by atoms with Gasteiger partial charge in [0.25, 0.3) is 5.56 Å². The van der Waals surface area contributed by atoms with Crippen molar-refractivity contribution in [3.8, 4) is 0 Å². The molecule has 0 atom stereocenters. The Kier molecular flexibility index (Phi) is 7.25. The van der Waals surface area contributed by atoms with Crippen LogP contribution in [0.3, 0.4) is 0 Å². The number of nitrogens with two attached hydrogens (primary N) is 1. The van der Waals surface area contributed by atoms with Crippen molar-refractivity contribution < 1.29 is 4.79 Å². The van der Waals surface area contributed by atoms with Crippen LogP contribution >= 0.6 is 0 Å². The molecule has 0 saturated carbocycles. The molecule has 0 fully saturated rings. The molecule has 0 aliphatic heterocycles. The minimum atomic E-state index is -0.693. The number of rotatable bonds is 9. The lowest BCUT2D eigenvalue weighted by Crippen LogP contribution is -2.43. The van der Waals surface area contributed by atoms with Crippen molar-refractivity contribution in [3.63, 3.8) is 0 Å². The van der Waals surface area contributed by atoms with Gasteiger partial charge in [0.05, 0.1) is 11.0 Å². The molecule has 3 aromatic rings. The smallest absolute Gasteiger partial charge is 0.330 e. The third kappa shape index (κ3) is 4.79. The molecule has 3 rings (SSSR count). The predicted octanol–water partition coefficient (Wildman–Crippen LogP) is 1.65. The number of fused-ring (bicyclic) bond motifs is 1. The zero-order valence-corrected chi connectivity index (χ0v) is 19.6. The summed E-state index contributed by atoms with van der Waals surface area (Å²) in [5.74, 6) is -0.320. The van der Waals surface area contributed by atoms with Gasteiger partial charge in [-0.3, -0.25) is 28.3 Å². The first-order chi connectivity index (χ1) is 15.7. The van der Waals surface area contributed by atoms with Crippen LogP contribution in [0.5, 0.6) is 0 Å². The molecular weight excluding hydrogens is 424 g/mol. The maximum atomic E-state index is 13.3. The number of aromatic nitrogens is 4. The van der Waals surface area contributed by atoms with E-state index in [2.05, 4.69) is 4.98 Å². The van der Waals surface area contributed by atoms with Gasteiger partial charge in [0.1, 0.15) is 5.82 Å². The van der Waals surface area contributed by atoms with Gasteiger partial charge < -0.3 is 10.6 Å². The zero-order valence-electron chi connectivity index (χ0n) is 19.6. The van der Waals surface area contributed by atoms with E-state index in [1.807, 2.05) is 45.0 Å². The minimum absolute atomic E-state index is 0.00635. The Balaban J connectivity index is 1.97. The Morgan fingerprint density at radius 2 is 1.76 bits per heavy atom. The molecule has 0 radical (unpaired) electrons. The molecule has 10 nitrogen and oxygen atoms in total. The summed E-state index contributed by atoms with van der Waals surface area (Å²) in [6.07, 6.45) is 1.54. The van der Waals surface area contributed by atoms with Crippen molar-refractivity contribution in [1.29, 1.82) is 0 Å². The number of aryl methyl sites for hydroxylation is 2. The Bertz CT molecular complexity index is 1330. The fourth-order valence-electron chi connectivity index (χ4n) is 3.98. The number of anilines is 2. The summed E-state index contributed by atoms with van der Waals surface area (Å²) in [4.78, 5) is 54.7.